The summed E-state index contributed by atoms with van der Waals surface area (Å²) in [5.41, 5.74) is 0.745. The van der Waals surface area contributed by atoms with Crippen LogP contribution in [0.1, 0.15) is 76.5 Å². The molecule has 34 heavy (non-hydrogen) atoms. The third kappa shape index (κ3) is 8.29. The smallest absolute Gasteiger partial charge is 0.160 e. The molecule has 0 aliphatic carbocycles. The Morgan fingerprint density at radius 1 is 0.706 bits per heavy atom. The van der Waals surface area contributed by atoms with Crippen LogP contribution in [-0.4, -0.2) is 46.4 Å². The van der Waals surface area contributed by atoms with Crippen molar-refractivity contribution in [1.29, 1.82) is 0 Å². The molecule has 190 valence electrons. The molecule has 2 atom stereocenters. The van der Waals surface area contributed by atoms with Crippen LogP contribution in [0, 0.1) is 0 Å². The molecule has 0 bridgehead atoms. The maximum Gasteiger partial charge on any atom is 0.160 e. The van der Waals surface area contributed by atoms with Gasteiger partial charge in [-0.2, -0.15) is 0 Å². The van der Waals surface area contributed by atoms with Crippen molar-refractivity contribution in [3.63, 3.8) is 0 Å². The molecule has 4 N–H and O–H groups in total. The number of ether oxygens (including phenoxy) is 3. The van der Waals surface area contributed by atoms with E-state index >= 15 is 0 Å². The molecule has 2 rings (SSSR count). The van der Waals surface area contributed by atoms with Crippen LogP contribution in [0.4, 0.5) is 0 Å². The molecular formula is C27H40O7. The van der Waals surface area contributed by atoms with E-state index in [1.165, 1.54) is 12.1 Å². The van der Waals surface area contributed by atoms with Crippen LogP contribution in [-0.2, 0) is 6.42 Å². The SMILES string of the molecule is CCCCOc1cc(O)c(C[C@H](O)[C@@H](O)c2ccc(OCCCC)c(O)c2)c(OCCCC)c1. The standard InChI is InChI=1S/C27H40O7/c1-4-7-12-32-20-16-22(28)21(26(17-20)34-14-9-6-3)18-24(30)27(31)19-10-11-25(23(29)15-19)33-13-8-5-2/h10-11,15-17,24,27-31H,4-9,12-14,18H2,1-3H3/t24-,27-/m0/s1. The van der Waals surface area contributed by atoms with Gasteiger partial charge in [0.1, 0.15) is 23.4 Å². The number of phenols is 2. The lowest BCUT2D eigenvalue weighted by Crippen LogP contribution is -2.21. The molecule has 0 aliphatic heterocycles. The van der Waals surface area contributed by atoms with Gasteiger partial charge in [0.05, 0.1) is 25.9 Å². The average molecular weight is 477 g/mol. The number of aliphatic hydroxyl groups excluding tert-OH is 2. The molecular weight excluding hydrogens is 436 g/mol. The van der Waals surface area contributed by atoms with E-state index in [2.05, 4.69) is 20.8 Å². The van der Waals surface area contributed by atoms with Crippen molar-refractivity contribution >= 4 is 0 Å². The fourth-order valence-electron chi connectivity index (χ4n) is 3.39. The Morgan fingerprint density at radius 3 is 1.88 bits per heavy atom. The second-order valence-electron chi connectivity index (χ2n) is 8.47. The van der Waals surface area contributed by atoms with Gasteiger partial charge >= 0.3 is 0 Å². The Morgan fingerprint density at radius 2 is 1.29 bits per heavy atom. The summed E-state index contributed by atoms with van der Waals surface area (Å²) in [6.07, 6.45) is 2.99. The maximum atomic E-state index is 10.8. The average Bonchev–Trinajstić information content (AvgIpc) is 2.82. The maximum absolute atomic E-state index is 10.8. The molecule has 0 amide bonds. The van der Waals surface area contributed by atoms with E-state index in [1.54, 1.807) is 18.2 Å². The first kappa shape index (κ1) is 27.6. The van der Waals surface area contributed by atoms with E-state index < -0.39 is 12.2 Å². The van der Waals surface area contributed by atoms with Gasteiger partial charge in [-0.05, 0) is 37.0 Å². The summed E-state index contributed by atoms with van der Waals surface area (Å²) in [6.45, 7) is 7.67. The minimum absolute atomic E-state index is 0.0424. The monoisotopic (exact) mass is 476 g/mol. The number of phenolic OH excluding ortho intramolecular Hbond substituents is 2. The van der Waals surface area contributed by atoms with Crippen molar-refractivity contribution in [2.75, 3.05) is 19.8 Å². The van der Waals surface area contributed by atoms with Gasteiger partial charge in [-0.3, -0.25) is 0 Å². The molecule has 0 heterocycles. The summed E-state index contributed by atoms with van der Waals surface area (Å²) in [6, 6.07) is 7.80. The number of benzene rings is 2. The molecule has 0 spiro atoms. The first-order valence-electron chi connectivity index (χ1n) is 12.3. The number of hydrogen-bond acceptors (Lipinski definition) is 7. The molecule has 0 aliphatic rings. The molecule has 0 unspecified atom stereocenters. The zero-order valence-electron chi connectivity index (χ0n) is 20.6. The lowest BCUT2D eigenvalue weighted by Gasteiger charge is -2.22. The van der Waals surface area contributed by atoms with E-state index in [4.69, 9.17) is 14.2 Å². The van der Waals surface area contributed by atoms with E-state index in [9.17, 15) is 20.4 Å². The molecule has 0 saturated heterocycles. The van der Waals surface area contributed by atoms with Gasteiger partial charge in [-0.15, -0.1) is 0 Å². The molecule has 2 aromatic carbocycles. The van der Waals surface area contributed by atoms with Crippen LogP contribution in [0.3, 0.4) is 0 Å². The Labute approximate surface area is 202 Å². The highest BCUT2D eigenvalue weighted by atomic mass is 16.5. The summed E-state index contributed by atoms with van der Waals surface area (Å²) in [7, 11) is 0. The van der Waals surface area contributed by atoms with Crippen LogP contribution in [0.2, 0.25) is 0 Å². The number of rotatable bonds is 16. The summed E-state index contributed by atoms with van der Waals surface area (Å²) in [5, 5.41) is 42.4. The normalized spacial score (nSPS) is 12.9. The van der Waals surface area contributed by atoms with Gasteiger partial charge in [-0.1, -0.05) is 46.1 Å². The quantitative estimate of drug-likeness (QED) is 0.244. The number of aliphatic hydroxyl groups is 2. The highest BCUT2D eigenvalue weighted by Crippen LogP contribution is 2.37. The number of unbranched alkanes of at least 4 members (excludes halogenated alkanes) is 3. The third-order valence-electron chi connectivity index (χ3n) is 5.54. The Balaban J connectivity index is 2.17. The van der Waals surface area contributed by atoms with Crippen molar-refractivity contribution < 1.29 is 34.6 Å². The molecule has 7 heteroatoms. The number of aromatic hydroxyl groups is 2. The second kappa shape index (κ2) is 14.6. The summed E-state index contributed by atoms with van der Waals surface area (Å²) >= 11 is 0. The largest absolute Gasteiger partial charge is 0.507 e. The second-order valence-corrected chi connectivity index (χ2v) is 8.47. The molecule has 2 aromatic rings. The highest BCUT2D eigenvalue weighted by Gasteiger charge is 2.24. The molecule has 0 fully saturated rings. The van der Waals surface area contributed by atoms with Gasteiger partial charge < -0.3 is 34.6 Å². The fraction of sp³-hybridized carbons (Fsp3) is 0.556. The lowest BCUT2D eigenvalue weighted by molar-refractivity contribution is 0.0181. The van der Waals surface area contributed by atoms with Crippen molar-refractivity contribution in [3.05, 3.63) is 41.5 Å². The van der Waals surface area contributed by atoms with E-state index in [0.29, 0.717) is 48.2 Å². The van der Waals surface area contributed by atoms with Gasteiger partial charge in [-0.25, -0.2) is 0 Å². The third-order valence-corrected chi connectivity index (χ3v) is 5.54. The van der Waals surface area contributed by atoms with Gasteiger partial charge in [0.15, 0.2) is 11.5 Å². The van der Waals surface area contributed by atoms with E-state index in [0.717, 1.165) is 38.5 Å². The first-order chi connectivity index (χ1) is 16.4. The zero-order valence-corrected chi connectivity index (χ0v) is 20.6. The Kier molecular flexibility index (Phi) is 11.8. The topological polar surface area (TPSA) is 109 Å². The first-order valence-corrected chi connectivity index (χ1v) is 12.3. The molecule has 0 aromatic heterocycles. The Bertz CT molecular complexity index is 868. The van der Waals surface area contributed by atoms with E-state index in [1.807, 2.05) is 0 Å². The van der Waals surface area contributed by atoms with E-state index in [-0.39, 0.29) is 17.9 Å². The van der Waals surface area contributed by atoms with Gasteiger partial charge in [0.25, 0.3) is 0 Å². The summed E-state index contributed by atoms with van der Waals surface area (Å²) < 4.78 is 17.1. The molecule has 0 radical (unpaired) electrons. The molecule has 0 saturated carbocycles. The lowest BCUT2D eigenvalue weighted by atomic mass is 9.97. The van der Waals surface area contributed by atoms with Crippen LogP contribution in [0.5, 0.6) is 28.7 Å². The van der Waals surface area contributed by atoms with Crippen LogP contribution in [0.25, 0.3) is 0 Å². The fourth-order valence-corrected chi connectivity index (χ4v) is 3.39. The van der Waals surface area contributed by atoms with Gasteiger partial charge in [0, 0.05) is 24.1 Å². The van der Waals surface area contributed by atoms with Crippen LogP contribution in [0.15, 0.2) is 30.3 Å². The zero-order chi connectivity index (χ0) is 24.9. The van der Waals surface area contributed by atoms with Crippen LogP contribution < -0.4 is 14.2 Å². The van der Waals surface area contributed by atoms with Gasteiger partial charge in [0.2, 0.25) is 0 Å². The predicted molar refractivity (Wildman–Crippen MR) is 132 cm³/mol. The summed E-state index contributed by atoms with van der Waals surface area (Å²) in [5.74, 6) is 1.10. The Hall–Kier alpha value is -2.64. The molecule has 7 nitrogen and oxygen atoms in total. The minimum atomic E-state index is -1.28. The minimum Gasteiger partial charge on any atom is -0.507 e. The van der Waals surface area contributed by atoms with Crippen molar-refractivity contribution in [1.82, 2.24) is 0 Å². The number of hydrogen-bond donors (Lipinski definition) is 4. The van der Waals surface area contributed by atoms with Crippen molar-refractivity contribution in [2.24, 2.45) is 0 Å². The summed E-state index contributed by atoms with van der Waals surface area (Å²) in [4.78, 5) is 0. The highest BCUT2D eigenvalue weighted by molar-refractivity contribution is 5.50. The predicted octanol–water partition coefficient (Wildman–Crippen LogP) is 5.27. The van der Waals surface area contributed by atoms with Crippen molar-refractivity contribution in [3.8, 4) is 28.7 Å². The van der Waals surface area contributed by atoms with Crippen molar-refractivity contribution in [2.45, 2.75) is 77.9 Å². The van der Waals surface area contributed by atoms with Crippen LogP contribution >= 0.6 is 0 Å².